The Kier molecular flexibility index (Phi) is 6.59. The van der Waals surface area contributed by atoms with Gasteiger partial charge in [0.2, 0.25) is 15.9 Å². The van der Waals surface area contributed by atoms with Crippen molar-refractivity contribution in [3.8, 4) is 11.5 Å². The molecule has 1 amide bonds. The van der Waals surface area contributed by atoms with Crippen molar-refractivity contribution in [3.63, 3.8) is 0 Å². The molecular formula is C18H22N2O5S. The minimum atomic E-state index is -3.49. The number of rotatable bonds is 8. The van der Waals surface area contributed by atoms with Crippen LogP contribution in [0.2, 0.25) is 0 Å². The summed E-state index contributed by atoms with van der Waals surface area (Å²) in [6.07, 6.45) is 1.01. The number of hydrogen-bond donors (Lipinski definition) is 2. The summed E-state index contributed by atoms with van der Waals surface area (Å²) >= 11 is 0. The molecule has 2 N–H and O–H groups in total. The Labute approximate surface area is 153 Å². The molecule has 26 heavy (non-hydrogen) atoms. The van der Waals surface area contributed by atoms with Gasteiger partial charge < -0.3 is 14.8 Å². The zero-order chi connectivity index (χ0) is 19.2. The molecule has 2 aromatic rings. The maximum absolute atomic E-state index is 12.4. The molecule has 0 aliphatic carbocycles. The van der Waals surface area contributed by atoms with Crippen LogP contribution in [0.4, 0.5) is 5.69 Å². The zero-order valence-electron chi connectivity index (χ0n) is 14.9. The van der Waals surface area contributed by atoms with Gasteiger partial charge in [-0.25, -0.2) is 13.1 Å². The summed E-state index contributed by atoms with van der Waals surface area (Å²) in [7, 11) is -0.388. The lowest BCUT2D eigenvalue weighted by Crippen LogP contribution is -2.30. The van der Waals surface area contributed by atoms with Gasteiger partial charge in [0.05, 0.1) is 26.5 Å². The van der Waals surface area contributed by atoms with Crippen LogP contribution in [0.15, 0.2) is 48.5 Å². The van der Waals surface area contributed by atoms with E-state index in [9.17, 15) is 13.2 Å². The van der Waals surface area contributed by atoms with Gasteiger partial charge in [0.15, 0.2) is 0 Å². The van der Waals surface area contributed by atoms with Gasteiger partial charge >= 0.3 is 0 Å². The minimum absolute atomic E-state index is 0.0502. The first-order valence-electron chi connectivity index (χ1n) is 7.86. The van der Waals surface area contributed by atoms with E-state index in [1.54, 1.807) is 62.8 Å². The van der Waals surface area contributed by atoms with Crippen LogP contribution < -0.4 is 19.5 Å². The molecular weight excluding hydrogens is 356 g/mol. The second-order valence-electron chi connectivity index (χ2n) is 5.70. The third-order valence-electron chi connectivity index (χ3n) is 3.64. The van der Waals surface area contributed by atoms with Crippen LogP contribution in [-0.4, -0.2) is 34.8 Å². The molecule has 0 unspecified atom stereocenters. The molecule has 0 saturated heterocycles. The first-order valence-corrected chi connectivity index (χ1v) is 9.75. The SMILES string of the molecule is COc1ccc(NC(=O)C[C@@H](NS(C)(=O)=O)c2ccc(OC)cc2)cc1. The molecule has 0 radical (unpaired) electrons. The van der Waals surface area contributed by atoms with Crippen LogP contribution >= 0.6 is 0 Å². The first-order chi connectivity index (χ1) is 12.3. The molecule has 2 rings (SSSR count). The molecule has 0 saturated carbocycles. The fourth-order valence-corrected chi connectivity index (χ4v) is 3.13. The molecule has 1 atom stereocenters. The Morgan fingerprint density at radius 3 is 1.92 bits per heavy atom. The average Bonchev–Trinajstić information content (AvgIpc) is 2.60. The number of hydrogen-bond acceptors (Lipinski definition) is 5. The van der Waals surface area contributed by atoms with Crippen molar-refractivity contribution < 1.29 is 22.7 Å². The second-order valence-corrected chi connectivity index (χ2v) is 7.48. The Bertz CT molecular complexity index is 833. The van der Waals surface area contributed by atoms with Gasteiger partial charge in [0.1, 0.15) is 11.5 Å². The Balaban J connectivity index is 2.12. The number of methoxy groups -OCH3 is 2. The highest BCUT2D eigenvalue weighted by Gasteiger charge is 2.20. The average molecular weight is 378 g/mol. The Morgan fingerprint density at radius 2 is 1.46 bits per heavy atom. The lowest BCUT2D eigenvalue weighted by molar-refractivity contribution is -0.116. The fraction of sp³-hybridized carbons (Fsp3) is 0.278. The third kappa shape index (κ3) is 6.05. The Hall–Kier alpha value is -2.58. The zero-order valence-corrected chi connectivity index (χ0v) is 15.7. The summed E-state index contributed by atoms with van der Waals surface area (Å²) in [5.74, 6) is 1.01. The normalized spacial score (nSPS) is 12.3. The van der Waals surface area contributed by atoms with Crippen molar-refractivity contribution >= 4 is 21.6 Å². The highest BCUT2D eigenvalue weighted by Crippen LogP contribution is 2.22. The van der Waals surface area contributed by atoms with Crippen molar-refractivity contribution in [2.45, 2.75) is 12.5 Å². The molecule has 0 aromatic heterocycles. The molecule has 7 nitrogen and oxygen atoms in total. The van der Waals surface area contributed by atoms with E-state index in [2.05, 4.69) is 10.0 Å². The van der Waals surface area contributed by atoms with Crippen LogP contribution in [0, 0.1) is 0 Å². The van der Waals surface area contributed by atoms with Crippen LogP contribution in [0.25, 0.3) is 0 Å². The smallest absolute Gasteiger partial charge is 0.226 e. The number of nitrogens with one attached hydrogen (secondary N) is 2. The van der Waals surface area contributed by atoms with Gasteiger partial charge in [-0.15, -0.1) is 0 Å². The summed E-state index contributed by atoms with van der Waals surface area (Å²) in [5, 5.41) is 2.75. The van der Waals surface area contributed by atoms with E-state index < -0.39 is 16.1 Å². The standard InChI is InChI=1S/C18H22N2O5S/c1-24-15-8-4-13(5-9-15)17(20-26(3,22)23)12-18(21)19-14-6-10-16(25-2)11-7-14/h4-11,17,20H,12H2,1-3H3,(H,19,21)/t17-/m1/s1. The number of anilines is 1. The summed E-state index contributed by atoms with van der Waals surface area (Å²) in [6, 6.07) is 13.1. The topological polar surface area (TPSA) is 93.7 Å². The predicted octanol–water partition coefficient (Wildman–Crippen LogP) is 2.32. The van der Waals surface area contributed by atoms with Gasteiger partial charge in [-0.3, -0.25) is 4.79 Å². The minimum Gasteiger partial charge on any atom is -0.497 e. The largest absolute Gasteiger partial charge is 0.497 e. The highest BCUT2D eigenvalue weighted by atomic mass is 32.2. The number of benzene rings is 2. The molecule has 0 spiro atoms. The molecule has 140 valence electrons. The maximum atomic E-state index is 12.4. The quantitative estimate of drug-likeness (QED) is 0.735. The molecule has 8 heteroatoms. The highest BCUT2D eigenvalue weighted by molar-refractivity contribution is 7.88. The van der Waals surface area contributed by atoms with Crippen molar-refractivity contribution in [3.05, 3.63) is 54.1 Å². The van der Waals surface area contributed by atoms with E-state index >= 15 is 0 Å². The number of carbonyl (C=O) groups excluding carboxylic acids is 1. The number of carbonyl (C=O) groups is 1. The lowest BCUT2D eigenvalue weighted by atomic mass is 10.0. The number of sulfonamides is 1. The first kappa shape index (κ1) is 19.7. The van der Waals surface area contributed by atoms with E-state index in [-0.39, 0.29) is 12.3 Å². The summed E-state index contributed by atoms with van der Waals surface area (Å²) in [5.41, 5.74) is 1.27. The van der Waals surface area contributed by atoms with Gasteiger partial charge in [-0.05, 0) is 42.0 Å². The predicted molar refractivity (Wildman–Crippen MR) is 100.0 cm³/mol. The van der Waals surface area contributed by atoms with E-state index in [4.69, 9.17) is 9.47 Å². The molecule has 0 fully saturated rings. The van der Waals surface area contributed by atoms with Crippen LogP contribution in [0.1, 0.15) is 18.0 Å². The van der Waals surface area contributed by atoms with Crippen LogP contribution in [0.5, 0.6) is 11.5 Å². The summed E-state index contributed by atoms with van der Waals surface area (Å²) in [4.78, 5) is 12.4. The van der Waals surface area contributed by atoms with Gasteiger partial charge in [-0.2, -0.15) is 0 Å². The monoisotopic (exact) mass is 378 g/mol. The number of ether oxygens (including phenoxy) is 2. The fourth-order valence-electron chi connectivity index (χ4n) is 2.39. The second kappa shape index (κ2) is 8.68. The van der Waals surface area contributed by atoms with E-state index in [0.29, 0.717) is 22.7 Å². The summed E-state index contributed by atoms with van der Waals surface area (Å²) < 4.78 is 36.0. The van der Waals surface area contributed by atoms with Crippen molar-refractivity contribution in [2.24, 2.45) is 0 Å². The van der Waals surface area contributed by atoms with Gasteiger partial charge in [0.25, 0.3) is 0 Å². The van der Waals surface area contributed by atoms with Crippen LogP contribution in [-0.2, 0) is 14.8 Å². The van der Waals surface area contributed by atoms with E-state index in [1.165, 1.54) is 0 Å². The van der Waals surface area contributed by atoms with Crippen molar-refractivity contribution in [2.75, 3.05) is 25.8 Å². The molecule has 2 aromatic carbocycles. The molecule has 0 aliphatic rings. The Morgan fingerprint density at radius 1 is 0.962 bits per heavy atom. The van der Waals surface area contributed by atoms with Gasteiger partial charge in [0, 0.05) is 12.1 Å². The van der Waals surface area contributed by atoms with E-state index in [0.717, 1.165) is 6.26 Å². The van der Waals surface area contributed by atoms with E-state index in [1.807, 2.05) is 0 Å². The molecule has 0 heterocycles. The molecule has 0 aliphatic heterocycles. The third-order valence-corrected chi connectivity index (χ3v) is 4.35. The van der Waals surface area contributed by atoms with Gasteiger partial charge in [-0.1, -0.05) is 12.1 Å². The van der Waals surface area contributed by atoms with Crippen molar-refractivity contribution in [1.82, 2.24) is 4.72 Å². The lowest BCUT2D eigenvalue weighted by Gasteiger charge is -2.18. The van der Waals surface area contributed by atoms with Crippen molar-refractivity contribution in [1.29, 1.82) is 0 Å². The molecule has 0 bridgehead atoms. The summed E-state index contributed by atoms with van der Waals surface area (Å²) in [6.45, 7) is 0. The number of amides is 1. The van der Waals surface area contributed by atoms with Crippen LogP contribution in [0.3, 0.4) is 0 Å². The maximum Gasteiger partial charge on any atom is 0.226 e.